The fraction of sp³-hybridized carbons (Fsp3) is 0.706. The molecule has 3 rings (SSSR count). The van der Waals surface area contributed by atoms with Crippen LogP contribution < -0.4 is 0 Å². The molecule has 132 valence electrons. The van der Waals surface area contributed by atoms with Crippen molar-refractivity contribution in [3.63, 3.8) is 0 Å². The van der Waals surface area contributed by atoms with Crippen molar-refractivity contribution < 1.29 is 14.3 Å². The van der Waals surface area contributed by atoms with E-state index < -0.39 is 5.54 Å². The average molecular weight is 334 g/mol. The third-order valence-corrected chi connectivity index (χ3v) is 5.09. The molecule has 0 bridgehead atoms. The summed E-state index contributed by atoms with van der Waals surface area (Å²) in [4.78, 5) is 29.4. The number of hydrogen-bond acceptors (Lipinski definition) is 4. The van der Waals surface area contributed by atoms with Crippen LogP contribution >= 0.6 is 0 Å². The molecule has 1 aromatic rings. The van der Waals surface area contributed by atoms with Crippen LogP contribution in [0.15, 0.2) is 6.07 Å². The lowest BCUT2D eigenvalue weighted by Crippen LogP contribution is -2.58. The molecule has 0 radical (unpaired) electrons. The molecule has 2 amide bonds. The molecular formula is C17H26N4O3. The van der Waals surface area contributed by atoms with E-state index in [9.17, 15) is 9.59 Å². The molecular weight excluding hydrogens is 308 g/mol. The Bertz CT molecular complexity index is 636. The molecule has 3 heterocycles. The fourth-order valence-electron chi connectivity index (χ4n) is 3.74. The lowest BCUT2D eigenvalue weighted by atomic mass is 9.96. The molecule has 0 saturated carbocycles. The SMILES string of the molecule is Cc1cc(C)n(CC(=O)N2CCC[C@@]2(C)C(=O)N2CCOCC2)n1. The van der Waals surface area contributed by atoms with Crippen LogP contribution in [0, 0.1) is 13.8 Å². The van der Waals surface area contributed by atoms with E-state index in [2.05, 4.69) is 5.10 Å². The van der Waals surface area contributed by atoms with Crippen LogP contribution in [0.5, 0.6) is 0 Å². The number of carbonyl (C=O) groups is 2. The molecule has 7 nitrogen and oxygen atoms in total. The molecule has 0 aliphatic carbocycles. The predicted octanol–water partition coefficient (Wildman–Crippen LogP) is 0.740. The van der Waals surface area contributed by atoms with E-state index in [1.807, 2.05) is 31.7 Å². The Kier molecular flexibility index (Phi) is 4.62. The van der Waals surface area contributed by atoms with Gasteiger partial charge in [0, 0.05) is 25.3 Å². The zero-order valence-electron chi connectivity index (χ0n) is 14.7. The van der Waals surface area contributed by atoms with E-state index in [0.29, 0.717) is 39.3 Å². The Hall–Kier alpha value is -1.89. The Morgan fingerprint density at radius 1 is 1.25 bits per heavy atom. The second-order valence-electron chi connectivity index (χ2n) is 6.91. The summed E-state index contributed by atoms with van der Waals surface area (Å²) in [6.07, 6.45) is 1.57. The molecule has 0 spiro atoms. The van der Waals surface area contributed by atoms with Gasteiger partial charge in [0.2, 0.25) is 11.8 Å². The summed E-state index contributed by atoms with van der Waals surface area (Å²) in [7, 11) is 0. The smallest absolute Gasteiger partial charge is 0.248 e. The van der Waals surface area contributed by atoms with Crippen LogP contribution in [-0.2, 0) is 20.9 Å². The van der Waals surface area contributed by atoms with E-state index in [1.54, 1.807) is 9.58 Å². The maximum Gasteiger partial charge on any atom is 0.248 e. The van der Waals surface area contributed by atoms with Crippen LogP contribution in [0.3, 0.4) is 0 Å². The van der Waals surface area contributed by atoms with Crippen LogP contribution in [0.2, 0.25) is 0 Å². The highest BCUT2D eigenvalue weighted by atomic mass is 16.5. The maximum atomic E-state index is 13.0. The Balaban J connectivity index is 1.74. The van der Waals surface area contributed by atoms with Crippen LogP contribution in [-0.4, -0.2) is 69.8 Å². The summed E-state index contributed by atoms with van der Waals surface area (Å²) in [6.45, 7) is 8.92. The minimum atomic E-state index is -0.746. The number of carbonyl (C=O) groups excluding carboxylic acids is 2. The van der Waals surface area contributed by atoms with Crippen molar-refractivity contribution in [1.82, 2.24) is 19.6 Å². The Morgan fingerprint density at radius 3 is 2.58 bits per heavy atom. The molecule has 7 heteroatoms. The molecule has 2 fully saturated rings. The number of nitrogens with zero attached hydrogens (tertiary/aromatic N) is 4. The van der Waals surface area contributed by atoms with E-state index >= 15 is 0 Å². The predicted molar refractivity (Wildman–Crippen MR) is 88.5 cm³/mol. The molecule has 2 aliphatic heterocycles. The summed E-state index contributed by atoms with van der Waals surface area (Å²) in [6, 6.07) is 1.95. The number of aromatic nitrogens is 2. The van der Waals surface area contributed by atoms with Gasteiger partial charge >= 0.3 is 0 Å². The second-order valence-corrected chi connectivity index (χ2v) is 6.91. The number of morpholine rings is 1. The molecule has 0 N–H and O–H groups in total. The topological polar surface area (TPSA) is 67.7 Å². The standard InChI is InChI=1S/C17H26N4O3/c1-13-11-14(2)21(18-13)12-15(22)20-6-4-5-17(20,3)16(23)19-7-9-24-10-8-19/h11H,4-10,12H2,1-3H3/t17-/m0/s1. The van der Waals surface area contributed by atoms with Gasteiger partial charge in [-0.3, -0.25) is 14.3 Å². The van der Waals surface area contributed by atoms with Gasteiger partial charge in [0.1, 0.15) is 12.1 Å². The monoisotopic (exact) mass is 334 g/mol. The highest BCUT2D eigenvalue weighted by molar-refractivity contribution is 5.91. The summed E-state index contributed by atoms with van der Waals surface area (Å²) in [5, 5.41) is 4.36. The van der Waals surface area contributed by atoms with Crippen molar-refractivity contribution >= 4 is 11.8 Å². The summed E-state index contributed by atoms with van der Waals surface area (Å²) in [5.74, 6) is 0.00725. The van der Waals surface area contributed by atoms with Crippen LogP contribution in [0.1, 0.15) is 31.2 Å². The summed E-state index contributed by atoms with van der Waals surface area (Å²) in [5.41, 5.74) is 1.11. The van der Waals surface area contributed by atoms with Crippen molar-refractivity contribution in [2.75, 3.05) is 32.8 Å². The zero-order chi connectivity index (χ0) is 17.3. The summed E-state index contributed by atoms with van der Waals surface area (Å²) >= 11 is 0. The maximum absolute atomic E-state index is 13.0. The highest BCUT2D eigenvalue weighted by Crippen LogP contribution is 2.31. The molecule has 0 aromatic carbocycles. The van der Waals surface area contributed by atoms with Gasteiger partial charge in [-0.15, -0.1) is 0 Å². The molecule has 1 atom stereocenters. The first-order valence-electron chi connectivity index (χ1n) is 8.60. The van der Waals surface area contributed by atoms with Crippen molar-refractivity contribution in [1.29, 1.82) is 0 Å². The second kappa shape index (κ2) is 6.55. The summed E-state index contributed by atoms with van der Waals surface area (Å²) < 4.78 is 7.05. The van der Waals surface area contributed by atoms with Gasteiger partial charge in [-0.05, 0) is 39.7 Å². The first-order chi connectivity index (χ1) is 11.4. The molecule has 2 aliphatic rings. The van der Waals surface area contributed by atoms with Gasteiger partial charge in [-0.1, -0.05) is 0 Å². The lowest BCUT2D eigenvalue weighted by Gasteiger charge is -2.39. The zero-order valence-corrected chi connectivity index (χ0v) is 14.7. The van der Waals surface area contributed by atoms with Crippen LogP contribution in [0.4, 0.5) is 0 Å². The number of rotatable bonds is 3. The van der Waals surface area contributed by atoms with Gasteiger partial charge < -0.3 is 14.5 Å². The Morgan fingerprint density at radius 2 is 1.96 bits per heavy atom. The van der Waals surface area contributed by atoms with Crippen molar-refractivity contribution in [2.24, 2.45) is 0 Å². The highest BCUT2D eigenvalue weighted by Gasteiger charge is 2.47. The molecule has 24 heavy (non-hydrogen) atoms. The molecule has 2 saturated heterocycles. The third kappa shape index (κ3) is 3.05. The van der Waals surface area contributed by atoms with Gasteiger partial charge in [0.25, 0.3) is 0 Å². The van der Waals surface area contributed by atoms with E-state index in [4.69, 9.17) is 4.74 Å². The molecule has 0 unspecified atom stereocenters. The van der Waals surface area contributed by atoms with Gasteiger partial charge in [-0.25, -0.2) is 0 Å². The quantitative estimate of drug-likeness (QED) is 0.818. The number of ether oxygens (including phenoxy) is 1. The van der Waals surface area contributed by atoms with Crippen molar-refractivity contribution in [2.45, 2.75) is 45.7 Å². The third-order valence-electron chi connectivity index (χ3n) is 5.09. The number of likely N-dealkylation sites (tertiary alicyclic amines) is 1. The van der Waals surface area contributed by atoms with Gasteiger partial charge in [0.05, 0.1) is 18.9 Å². The Labute approximate surface area is 142 Å². The van der Waals surface area contributed by atoms with Crippen molar-refractivity contribution in [3.8, 4) is 0 Å². The lowest BCUT2D eigenvalue weighted by molar-refractivity contribution is -0.153. The van der Waals surface area contributed by atoms with Crippen molar-refractivity contribution in [3.05, 3.63) is 17.5 Å². The fourth-order valence-corrected chi connectivity index (χ4v) is 3.74. The first-order valence-corrected chi connectivity index (χ1v) is 8.60. The number of amides is 2. The van der Waals surface area contributed by atoms with Gasteiger partial charge in [0.15, 0.2) is 0 Å². The van der Waals surface area contributed by atoms with E-state index in [-0.39, 0.29) is 18.4 Å². The average Bonchev–Trinajstić information content (AvgIpc) is 3.10. The first kappa shape index (κ1) is 17.0. The van der Waals surface area contributed by atoms with Gasteiger partial charge in [-0.2, -0.15) is 5.10 Å². The largest absolute Gasteiger partial charge is 0.378 e. The number of aryl methyl sites for hydroxylation is 2. The minimum absolute atomic E-state index is 0.0391. The van der Waals surface area contributed by atoms with Crippen LogP contribution in [0.25, 0.3) is 0 Å². The normalized spacial score (nSPS) is 24.5. The minimum Gasteiger partial charge on any atom is -0.378 e. The van der Waals surface area contributed by atoms with E-state index in [1.165, 1.54) is 0 Å². The molecule has 1 aromatic heterocycles. The number of hydrogen-bond donors (Lipinski definition) is 0. The van der Waals surface area contributed by atoms with E-state index in [0.717, 1.165) is 17.8 Å².